The second-order valence-corrected chi connectivity index (χ2v) is 7.19. The summed E-state index contributed by atoms with van der Waals surface area (Å²) >= 11 is 0. The Morgan fingerprint density at radius 2 is 1.89 bits per heavy atom. The van der Waals surface area contributed by atoms with Crippen molar-refractivity contribution in [1.82, 2.24) is 0 Å². The number of benzene rings is 2. The molecule has 0 unspecified atom stereocenters. The summed E-state index contributed by atoms with van der Waals surface area (Å²) in [5, 5.41) is 13.8. The number of anilines is 1. The Kier molecular flexibility index (Phi) is 6.24. The summed E-state index contributed by atoms with van der Waals surface area (Å²) in [5.41, 5.74) is 2.98. The Balaban J connectivity index is 2.48. The van der Waals surface area contributed by atoms with Crippen molar-refractivity contribution in [2.75, 3.05) is 12.0 Å². The molecule has 2 rings (SSSR count). The monoisotopic (exact) mass is 391 g/mol. The highest BCUT2D eigenvalue weighted by Gasteiger charge is 2.31. The van der Waals surface area contributed by atoms with Crippen LogP contribution in [0.4, 0.5) is 11.4 Å². The molecule has 0 saturated carbocycles. The van der Waals surface area contributed by atoms with Crippen LogP contribution in [0.25, 0.3) is 0 Å². The number of esters is 1. The molecule has 0 aliphatic rings. The first-order chi connectivity index (χ1) is 12.8. The van der Waals surface area contributed by atoms with Crippen molar-refractivity contribution < 1.29 is 22.9 Å². The van der Waals surface area contributed by atoms with Crippen LogP contribution in [0.1, 0.15) is 12.5 Å². The molecule has 1 N–H and O–H groups in total. The van der Waals surface area contributed by atoms with E-state index in [1.54, 1.807) is 13.0 Å². The van der Waals surface area contributed by atoms with E-state index in [1.807, 2.05) is 0 Å². The third-order valence-electron chi connectivity index (χ3n) is 3.47. The molecule has 0 aliphatic carbocycles. The molecule has 0 spiro atoms. The number of nitro groups is 1. The van der Waals surface area contributed by atoms with Gasteiger partial charge in [0.2, 0.25) is 9.84 Å². The molecule has 9 nitrogen and oxygen atoms in total. The number of hydrogen-bond acceptors (Lipinski definition) is 8. The molecule has 0 bridgehead atoms. The Labute approximate surface area is 155 Å². The fourth-order valence-electron chi connectivity index (χ4n) is 2.07. The standard InChI is InChI=1S/C17H17N3O6S/c1-3-26-17(21)16(27(24,25)14-7-5-4-6-8-14)19-18-15-11-13(20(22)23)10-9-12(15)2/h4-11,18H,3H2,1-2H3/b19-16-. The SMILES string of the molecule is CCOC(=O)/C(=N/Nc1cc([N+](=O)[O-])ccc1C)S(=O)(=O)c1ccccc1. The van der Waals surface area contributed by atoms with Gasteiger partial charge in [-0.3, -0.25) is 15.5 Å². The molecule has 0 atom stereocenters. The number of hydrogen-bond donors (Lipinski definition) is 1. The highest BCUT2D eigenvalue weighted by atomic mass is 32.2. The van der Waals surface area contributed by atoms with Gasteiger partial charge in [-0.05, 0) is 31.5 Å². The second-order valence-electron chi connectivity index (χ2n) is 5.32. The van der Waals surface area contributed by atoms with Crippen LogP contribution < -0.4 is 5.43 Å². The normalized spacial score (nSPS) is 11.7. The summed E-state index contributed by atoms with van der Waals surface area (Å²) in [6.07, 6.45) is 0. The molecule has 0 saturated heterocycles. The van der Waals surface area contributed by atoms with Crippen molar-refractivity contribution in [3.8, 4) is 0 Å². The van der Waals surface area contributed by atoms with Gasteiger partial charge in [0.25, 0.3) is 10.7 Å². The third kappa shape index (κ3) is 4.67. The van der Waals surface area contributed by atoms with Gasteiger partial charge < -0.3 is 4.74 Å². The summed E-state index contributed by atoms with van der Waals surface area (Å²) in [5.74, 6) is -1.13. The predicted octanol–water partition coefficient (Wildman–Crippen LogP) is 2.67. The first-order valence-electron chi connectivity index (χ1n) is 7.83. The molecular formula is C17H17N3O6S. The lowest BCUT2D eigenvalue weighted by atomic mass is 10.2. The summed E-state index contributed by atoms with van der Waals surface area (Å²) in [4.78, 5) is 22.4. The van der Waals surface area contributed by atoms with Crippen molar-refractivity contribution in [2.45, 2.75) is 18.7 Å². The molecule has 0 amide bonds. The number of ether oxygens (including phenoxy) is 1. The molecule has 0 heterocycles. The zero-order valence-electron chi connectivity index (χ0n) is 14.6. The average molecular weight is 391 g/mol. The molecule has 27 heavy (non-hydrogen) atoms. The van der Waals surface area contributed by atoms with E-state index >= 15 is 0 Å². The zero-order valence-corrected chi connectivity index (χ0v) is 15.4. The van der Waals surface area contributed by atoms with Crippen molar-refractivity contribution in [3.05, 3.63) is 64.2 Å². The number of carbonyl (C=O) groups is 1. The molecule has 2 aromatic rings. The lowest BCUT2D eigenvalue weighted by Gasteiger charge is -2.09. The average Bonchev–Trinajstić information content (AvgIpc) is 2.64. The smallest absolute Gasteiger partial charge is 0.371 e. The minimum Gasteiger partial charge on any atom is -0.461 e. The highest BCUT2D eigenvalue weighted by Crippen LogP contribution is 2.22. The minimum absolute atomic E-state index is 0.0437. The van der Waals surface area contributed by atoms with E-state index in [1.165, 1.54) is 49.4 Å². The fourth-order valence-corrected chi connectivity index (χ4v) is 3.26. The highest BCUT2D eigenvalue weighted by molar-refractivity contribution is 8.08. The van der Waals surface area contributed by atoms with Gasteiger partial charge >= 0.3 is 5.97 Å². The molecule has 0 radical (unpaired) electrons. The van der Waals surface area contributed by atoms with E-state index in [0.717, 1.165) is 0 Å². The van der Waals surface area contributed by atoms with Gasteiger partial charge in [0.1, 0.15) is 0 Å². The summed E-state index contributed by atoms with van der Waals surface area (Å²) in [7, 11) is -4.25. The van der Waals surface area contributed by atoms with Gasteiger partial charge in [-0.2, -0.15) is 5.10 Å². The van der Waals surface area contributed by atoms with E-state index in [9.17, 15) is 23.3 Å². The Bertz CT molecular complexity index is 987. The summed E-state index contributed by atoms with van der Waals surface area (Å²) in [6, 6.07) is 11.3. The Morgan fingerprint density at radius 3 is 2.48 bits per heavy atom. The first kappa shape index (κ1) is 20.0. The zero-order chi connectivity index (χ0) is 20.0. The summed E-state index contributed by atoms with van der Waals surface area (Å²) < 4.78 is 30.3. The minimum atomic E-state index is -4.25. The van der Waals surface area contributed by atoms with Gasteiger partial charge in [0, 0.05) is 12.1 Å². The third-order valence-corrected chi connectivity index (χ3v) is 5.13. The molecular weight excluding hydrogens is 374 g/mol. The van der Waals surface area contributed by atoms with Crippen molar-refractivity contribution >= 4 is 32.2 Å². The van der Waals surface area contributed by atoms with Crippen LogP contribution in [-0.2, 0) is 19.4 Å². The van der Waals surface area contributed by atoms with Crippen molar-refractivity contribution in [1.29, 1.82) is 0 Å². The predicted molar refractivity (Wildman–Crippen MR) is 99.2 cm³/mol. The maximum Gasteiger partial charge on any atom is 0.371 e. The molecule has 0 fully saturated rings. The van der Waals surface area contributed by atoms with E-state index < -0.39 is 25.8 Å². The number of aryl methyl sites for hydroxylation is 1. The maximum absolute atomic E-state index is 12.8. The van der Waals surface area contributed by atoms with Gasteiger partial charge in [0.05, 0.1) is 22.1 Å². The topological polar surface area (TPSA) is 128 Å². The van der Waals surface area contributed by atoms with E-state index in [2.05, 4.69) is 10.5 Å². The van der Waals surface area contributed by atoms with Gasteiger partial charge in [-0.25, -0.2) is 13.2 Å². The Hall–Kier alpha value is -3.27. The number of non-ortho nitro benzene ring substituents is 1. The van der Waals surface area contributed by atoms with Crippen LogP contribution in [-0.4, -0.2) is 31.0 Å². The van der Waals surface area contributed by atoms with Gasteiger partial charge in [-0.15, -0.1) is 0 Å². The lowest BCUT2D eigenvalue weighted by molar-refractivity contribution is -0.384. The van der Waals surface area contributed by atoms with Crippen LogP contribution in [0.15, 0.2) is 58.5 Å². The number of nitrogens with one attached hydrogen (secondary N) is 1. The van der Waals surface area contributed by atoms with Crippen LogP contribution in [0.3, 0.4) is 0 Å². The van der Waals surface area contributed by atoms with E-state index in [-0.39, 0.29) is 22.9 Å². The van der Waals surface area contributed by atoms with Gasteiger partial charge in [-0.1, -0.05) is 24.3 Å². The van der Waals surface area contributed by atoms with E-state index in [0.29, 0.717) is 5.56 Å². The lowest BCUT2D eigenvalue weighted by Crippen LogP contribution is -2.28. The number of nitrogens with zero attached hydrogens (tertiary/aromatic N) is 2. The Morgan fingerprint density at radius 1 is 1.22 bits per heavy atom. The quantitative estimate of drug-likeness (QED) is 0.273. The van der Waals surface area contributed by atoms with E-state index in [4.69, 9.17) is 4.74 Å². The number of carbonyl (C=O) groups excluding carboxylic acids is 1. The number of nitro benzene ring substituents is 1. The first-order valence-corrected chi connectivity index (χ1v) is 9.31. The number of rotatable bonds is 5. The van der Waals surface area contributed by atoms with Crippen LogP contribution in [0.5, 0.6) is 0 Å². The molecule has 2 aromatic carbocycles. The molecule has 0 aromatic heterocycles. The van der Waals surface area contributed by atoms with Crippen LogP contribution in [0.2, 0.25) is 0 Å². The van der Waals surface area contributed by atoms with Crippen molar-refractivity contribution in [3.63, 3.8) is 0 Å². The largest absolute Gasteiger partial charge is 0.461 e. The summed E-state index contributed by atoms with van der Waals surface area (Å²) in [6.45, 7) is 3.14. The number of hydrazone groups is 1. The van der Waals surface area contributed by atoms with Gasteiger partial charge in [0.15, 0.2) is 0 Å². The molecule has 0 aliphatic heterocycles. The van der Waals surface area contributed by atoms with Crippen molar-refractivity contribution in [2.24, 2.45) is 5.10 Å². The van der Waals surface area contributed by atoms with Crippen LogP contribution in [0, 0.1) is 17.0 Å². The fraction of sp³-hybridized carbons (Fsp3) is 0.176. The maximum atomic E-state index is 12.8. The molecule has 10 heteroatoms. The molecule has 142 valence electrons. The number of sulfone groups is 1. The van der Waals surface area contributed by atoms with Crippen LogP contribution >= 0.6 is 0 Å². The second kappa shape index (κ2) is 8.41.